The molecule has 376 valence electrons. The zero-order valence-corrected chi connectivity index (χ0v) is 41.4. The summed E-state index contributed by atoms with van der Waals surface area (Å²) in [6, 6.07) is 8.85. The van der Waals surface area contributed by atoms with E-state index in [9.17, 15) is 28.8 Å². The van der Waals surface area contributed by atoms with Gasteiger partial charge in [0.25, 0.3) is 0 Å². The maximum Gasteiger partial charge on any atom is 0.316 e. The molecule has 18 nitrogen and oxygen atoms in total. The van der Waals surface area contributed by atoms with Crippen molar-refractivity contribution in [3.8, 4) is 11.6 Å². The third-order valence-corrected chi connectivity index (χ3v) is 10.3. The summed E-state index contributed by atoms with van der Waals surface area (Å²) in [5.41, 5.74) is 1.08. The molecule has 3 heterocycles. The van der Waals surface area contributed by atoms with Crippen LogP contribution in [0.3, 0.4) is 0 Å². The number of aromatic nitrogens is 3. The van der Waals surface area contributed by atoms with Crippen LogP contribution in [0.1, 0.15) is 127 Å². The summed E-state index contributed by atoms with van der Waals surface area (Å²) in [5, 5.41) is 7.94. The van der Waals surface area contributed by atoms with Crippen LogP contribution in [-0.2, 0) is 71.8 Å². The molecule has 0 bridgehead atoms. The second-order valence-electron chi connectivity index (χ2n) is 20.8. The van der Waals surface area contributed by atoms with Crippen LogP contribution in [0.2, 0.25) is 0 Å². The molecule has 0 spiro atoms. The topological polar surface area (TPSA) is 236 Å². The van der Waals surface area contributed by atoms with Gasteiger partial charge in [-0.3, -0.25) is 28.8 Å². The molecule has 1 aliphatic heterocycles. The summed E-state index contributed by atoms with van der Waals surface area (Å²) in [7, 11) is 0. The molecule has 1 saturated heterocycles. The largest absolute Gasteiger partial charge is 0.462 e. The lowest BCUT2D eigenvalue weighted by molar-refractivity contribution is -0.294. The number of nitrogens with one attached hydrogen (secondary N) is 1. The number of fused-ring (bicyclic) bond motifs is 1. The van der Waals surface area contributed by atoms with Crippen molar-refractivity contribution in [1.82, 2.24) is 20.1 Å². The van der Waals surface area contributed by atoms with E-state index in [4.69, 9.17) is 49.5 Å². The molecule has 1 fully saturated rings. The van der Waals surface area contributed by atoms with Crippen LogP contribution in [0.5, 0.6) is 11.6 Å². The summed E-state index contributed by atoms with van der Waals surface area (Å²) in [4.78, 5) is 84.7. The van der Waals surface area contributed by atoms with Gasteiger partial charge in [0.2, 0.25) is 24.2 Å². The molecule has 18 heteroatoms. The quantitative estimate of drug-likeness (QED) is 0.0704. The number of hydrogen-bond acceptors (Lipinski definition) is 16. The van der Waals surface area contributed by atoms with Gasteiger partial charge in [-0.05, 0) is 152 Å². The first-order valence-corrected chi connectivity index (χ1v) is 22.5. The molecule has 2 aromatic heterocycles. The van der Waals surface area contributed by atoms with E-state index in [1.54, 1.807) is 49.8 Å². The Morgan fingerprint density at radius 2 is 1.28 bits per heavy atom. The Morgan fingerprint density at radius 3 is 1.84 bits per heavy atom. The Labute approximate surface area is 405 Å². The fraction of sp³-hybridized carbons (Fsp3) is 0.640. The van der Waals surface area contributed by atoms with Crippen LogP contribution >= 0.6 is 0 Å². The van der Waals surface area contributed by atoms with E-state index in [2.05, 4.69) is 10.3 Å². The maximum atomic E-state index is 14.1. The summed E-state index contributed by atoms with van der Waals surface area (Å²) in [5.74, 6) is -4.10. The number of hydrogen-bond donors (Lipinski definition) is 2. The average Bonchev–Trinajstić information content (AvgIpc) is 3.69. The number of esters is 5. The lowest BCUT2D eigenvalue weighted by Gasteiger charge is -2.45. The van der Waals surface area contributed by atoms with Crippen molar-refractivity contribution in [3.63, 3.8) is 0 Å². The SMILES string of the molecule is [2H]CC(C)(C)C(=O)OC[C@H]1OC(Oc2nn(CCCNC(=O)CN)c3nccc(CCc4ccc(OC(=O)C(C)(C)C)cc4)c23)[C@H](OC(=O)C(C)(C)C[2H])[C@@H](OC(=O)C(C)(C)C[2H])[C@@H]1OC(=O)C(C)(C)C[2H]. The predicted molar refractivity (Wildman–Crippen MR) is 251 cm³/mol. The minimum absolute atomic E-state index is 0.0947. The number of ether oxygens (including phenoxy) is 7. The molecular weight excluding hydrogens is 879 g/mol. The second kappa shape index (κ2) is 21.8. The van der Waals surface area contributed by atoms with Crippen LogP contribution in [-0.4, -0.2) is 101 Å². The zero-order valence-electron chi connectivity index (χ0n) is 45.4. The van der Waals surface area contributed by atoms with Crippen LogP contribution in [0.15, 0.2) is 36.5 Å². The first-order valence-electron chi connectivity index (χ1n) is 25.3. The molecule has 4 rings (SSSR count). The van der Waals surface area contributed by atoms with Crippen molar-refractivity contribution in [3.05, 3.63) is 47.7 Å². The van der Waals surface area contributed by atoms with Crippen molar-refractivity contribution >= 4 is 46.8 Å². The highest BCUT2D eigenvalue weighted by molar-refractivity contribution is 5.85. The predicted octanol–water partition coefficient (Wildman–Crippen LogP) is 6.20. The monoisotopic (exact) mass is 956 g/mol. The Kier molecular flexibility index (Phi) is 15.6. The third-order valence-electron chi connectivity index (χ3n) is 10.3. The Bertz CT molecular complexity index is 2390. The standard InChI is InChI=1S/C50H73N5O13/c1-46(2,3)41(57)62-28-32-35(65-43(59)48(7,8)9)36(66-44(60)49(10,11)12)37(67-45(61)50(13,14)15)40(64-32)68-39-34-30(20-17-29-18-21-31(22-19-29)63-42(58)47(4,5)6)23-25-53-38(34)55(54-39)26-16-24-52-33(56)27-51/h18-19,21-23,25,32,35-37,40H,16-17,20,24,26-28,51H2,1-15H3,(H,52,56)/t32-,35-,36+,37-,40?/m1/s1/i1D,7D,10D,13D. The number of carbonyl (C=O) groups is 6. The lowest BCUT2D eigenvalue weighted by Crippen LogP contribution is -2.65. The molecule has 1 amide bonds. The van der Waals surface area contributed by atoms with Gasteiger partial charge in [0.1, 0.15) is 18.5 Å². The molecule has 1 aliphatic rings. The van der Waals surface area contributed by atoms with Crippen molar-refractivity contribution in [2.24, 2.45) is 32.8 Å². The first-order chi connectivity index (χ1) is 33.5. The number of amides is 1. The van der Waals surface area contributed by atoms with E-state index in [-0.39, 0.29) is 44.3 Å². The van der Waals surface area contributed by atoms with Crippen LogP contribution in [0.25, 0.3) is 11.0 Å². The normalized spacial score (nSPS) is 19.9. The van der Waals surface area contributed by atoms with Crippen LogP contribution in [0, 0.1) is 27.1 Å². The second-order valence-corrected chi connectivity index (χ2v) is 20.8. The van der Waals surface area contributed by atoms with Gasteiger partial charge in [-0.2, -0.15) is 0 Å². The van der Waals surface area contributed by atoms with E-state index in [1.165, 1.54) is 55.4 Å². The maximum absolute atomic E-state index is 14.1. The highest BCUT2D eigenvalue weighted by Crippen LogP contribution is 2.37. The van der Waals surface area contributed by atoms with Crippen molar-refractivity contribution in [1.29, 1.82) is 0 Å². The van der Waals surface area contributed by atoms with Gasteiger partial charge in [-0.1, -0.05) is 12.1 Å². The van der Waals surface area contributed by atoms with Gasteiger partial charge >= 0.3 is 29.8 Å². The summed E-state index contributed by atoms with van der Waals surface area (Å²) in [6.07, 6.45) is -5.83. The summed E-state index contributed by atoms with van der Waals surface area (Å²) in [6.45, 7) is 14.9. The van der Waals surface area contributed by atoms with Crippen molar-refractivity contribution in [2.45, 2.75) is 160 Å². The van der Waals surface area contributed by atoms with Crippen LogP contribution < -0.4 is 20.5 Å². The molecule has 3 aromatic rings. The summed E-state index contributed by atoms with van der Waals surface area (Å²) < 4.78 is 76.8. The van der Waals surface area contributed by atoms with Crippen LogP contribution in [0.4, 0.5) is 0 Å². The van der Waals surface area contributed by atoms with Gasteiger partial charge in [-0.15, -0.1) is 5.10 Å². The Hall–Kier alpha value is -5.62. The molecule has 0 saturated carbocycles. The number of benzene rings is 1. The molecule has 0 radical (unpaired) electrons. The molecular formula is C50H73N5O13. The number of rotatable bonds is 16. The third kappa shape index (κ3) is 14.9. The van der Waals surface area contributed by atoms with E-state index in [0.29, 0.717) is 41.6 Å². The fourth-order valence-electron chi connectivity index (χ4n) is 6.19. The number of nitrogens with two attached hydrogens (primary N) is 1. The van der Waals surface area contributed by atoms with E-state index in [0.717, 1.165) is 5.56 Å². The number of pyridine rings is 1. The first kappa shape index (κ1) is 48.8. The molecule has 68 heavy (non-hydrogen) atoms. The van der Waals surface area contributed by atoms with Gasteiger partial charge in [0, 0.05) is 24.8 Å². The van der Waals surface area contributed by atoms with Gasteiger partial charge in [0.05, 0.1) is 39.0 Å². The van der Waals surface area contributed by atoms with Gasteiger partial charge in [0.15, 0.2) is 17.9 Å². The minimum atomic E-state index is -1.81. The van der Waals surface area contributed by atoms with Gasteiger partial charge < -0.3 is 44.2 Å². The Balaban J connectivity index is 1.93. The molecule has 3 N–H and O–H groups in total. The van der Waals surface area contributed by atoms with E-state index >= 15 is 0 Å². The molecule has 5 atom stereocenters. The zero-order chi connectivity index (χ0) is 54.0. The molecule has 1 unspecified atom stereocenters. The van der Waals surface area contributed by atoms with Gasteiger partial charge in [-0.25, -0.2) is 9.67 Å². The number of carbonyl (C=O) groups excluding carboxylic acids is 6. The highest BCUT2D eigenvalue weighted by Gasteiger charge is 2.56. The minimum Gasteiger partial charge on any atom is -0.462 e. The molecule has 0 aliphatic carbocycles. The number of nitrogens with zero attached hydrogens (tertiary/aromatic N) is 3. The number of aryl methyl sites for hydroxylation is 3. The lowest BCUT2D eigenvalue weighted by atomic mass is 9.93. The van der Waals surface area contributed by atoms with E-state index in [1.807, 2.05) is 12.1 Å². The summed E-state index contributed by atoms with van der Waals surface area (Å²) >= 11 is 0. The molecule has 1 aromatic carbocycles. The fourth-order valence-corrected chi connectivity index (χ4v) is 6.19. The highest BCUT2D eigenvalue weighted by atomic mass is 16.7. The average molecular weight is 956 g/mol. The smallest absolute Gasteiger partial charge is 0.316 e. The van der Waals surface area contributed by atoms with E-state index < -0.39 is 109 Å². The Morgan fingerprint density at radius 1 is 0.721 bits per heavy atom. The van der Waals surface area contributed by atoms with Crippen molar-refractivity contribution in [2.75, 3.05) is 19.7 Å². The van der Waals surface area contributed by atoms with Crippen molar-refractivity contribution < 1.29 is 67.4 Å².